The highest BCUT2D eigenvalue weighted by Gasteiger charge is 2.66. The van der Waals surface area contributed by atoms with Gasteiger partial charge in [0.2, 0.25) is 0 Å². The lowest BCUT2D eigenvalue weighted by Crippen LogP contribution is -2.58. The first-order valence-corrected chi connectivity index (χ1v) is 9.58. The maximum absolute atomic E-state index is 10.9. The van der Waals surface area contributed by atoms with Crippen molar-refractivity contribution in [3.05, 3.63) is 11.6 Å². The molecule has 136 valence electrons. The van der Waals surface area contributed by atoms with Crippen molar-refractivity contribution >= 4 is 0 Å². The standard InChI is InChI=1S/C20H32O4/c1-18-6-4-12(21)8-11(18)9-14(22)16-13(18)5-7-19(2)17(16)15(23)10-20(19,3)24/h9,12-17,21-24H,4-8,10H2,1-3H3/t12-,13?,14-,15-,16?,17?,18-,19-,20-/m0/s1. The van der Waals surface area contributed by atoms with Gasteiger partial charge in [0, 0.05) is 11.8 Å². The van der Waals surface area contributed by atoms with Crippen LogP contribution >= 0.6 is 0 Å². The van der Waals surface area contributed by atoms with Gasteiger partial charge in [-0.3, -0.25) is 0 Å². The molecule has 0 amide bonds. The van der Waals surface area contributed by atoms with E-state index in [0.717, 1.165) is 25.7 Å². The number of rotatable bonds is 0. The minimum Gasteiger partial charge on any atom is -0.393 e. The van der Waals surface area contributed by atoms with E-state index in [1.165, 1.54) is 5.57 Å². The molecule has 4 nitrogen and oxygen atoms in total. The van der Waals surface area contributed by atoms with Crippen LogP contribution in [0.15, 0.2) is 11.6 Å². The predicted molar refractivity (Wildman–Crippen MR) is 91.1 cm³/mol. The van der Waals surface area contributed by atoms with E-state index in [9.17, 15) is 20.4 Å². The number of aliphatic hydroxyl groups excluding tert-OH is 3. The van der Waals surface area contributed by atoms with Crippen LogP contribution in [0.4, 0.5) is 0 Å². The van der Waals surface area contributed by atoms with Gasteiger partial charge in [-0.25, -0.2) is 0 Å². The third kappa shape index (κ3) is 2.00. The highest BCUT2D eigenvalue weighted by atomic mass is 16.3. The molecule has 0 aromatic heterocycles. The quantitative estimate of drug-likeness (QED) is 0.510. The summed E-state index contributed by atoms with van der Waals surface area (Å²) in [6.07, 6.45) is 5.22. The molecule has 4 rings (SSSR count). The Hall–Kier alpha value is -0.420. The van der Waals surface area contributed by atoms with Crippen LogP contribution in [0.3, 0.4) is 0 Å². The van der Waals surface area contributed by atoms with Gasteiger partial charge in [0.1, 0.15) is 0 Å². The lowest BCUT2D eigenvalue weighted by Gasteiger charge is -2.59. The van der Waals surface area contributed by atoms with E-state index in [2.05, 4.69) is 13.8 Å². The summed E-state index contributed by atoms with van der Waals surface area (Å²) < 4.78 is 0. The van der Waals surface area contributed by atoms with Gasteiger partial charge >= 0.3 is 0 Å². The van der Waals surface area contributed by atoms with E-state index in [1.807, 2.05) is 13.0 Å². The lowest BCUT2D eigenvalue weighted by molar-refractivity contribution is -0.145. The molecule has 0 aromatic rings. The molecule has 4 aliphatic rings. The molecule has 9 atom stereocenters. The topological polar surface area (TPSA) is 80.9 Å². The molecule has 4 heteroatoms. The van der Waals surface area contributed by atoms with Crippen molar-refractivity contribution in [1.82, 2.24) is 0 Å². The molecule has 0 bridgehead atoms. The van der Waals surface area contributed by atoms with Crippen LogP contribution < -0.4 is 0 Å². The van der Waals surface area contributed by atoms with Crippen molar-refractivity contribution < 1.29 is 20.4 Å². The van der Waals surface area contributed by atoms with E-state index < -0.39 is 17.8 Å². The fraction of sp³-hybridized carbons (Fsp3) is 0.900. The van der Waals surface area contributed by atoms with Crippen molar-refractivity contribution in [1.29, 1.82) is 0 Å². The molecule has 3 fully saturated rings. The molecule has 4 aliphatic carbocycles. The van der Waals surface area contributed by atoms with Crippen LogP contribution in [0.5, 0.6) is 0 Å². The zero-order valence-corrected chi connectivity index (χ0v) is 15.1. The number of hydrogen-bond acceptors (Lipinski definition) is 4. The van der Waals surface area contributed by atoms with Crippen molar-refractivity contribution in [2.75, 3.05) is 0 Å². The Morgan fingerprint density at radius 3 is 2.46 bits per heavy atom. The zero-order valence-electron chi connectivity index (χ0n) is 15.1. The van der Waals surface area contributed by atoms with E-state index >= 15 is 0 Å². The fourth-order valence-electron chi connectivity index (χ4n) is 6.98. The lowest BCUT2D eigenvalue weighted by atomic mass is 9.46. The van der Waals surface area contributed by atoms with Crippen molar-refractivity contribution in [3.63, 3.8) is 0 Å². The third-order valence-corrected chi connectivity index (χ3v) is 8.61. The summed E-state index contributed by atoms with van der Waals surface area (Å²) in [7, 11) is 0. The van der Waals surface area contributed by atoms with Gasteiger partial charge in [-0.05, 0) is 62.2 Å². The zero-order chi connectivity index (χ0) is 17.5. The van der Waals surface area contributed by atoms with Gasteiger partial charge in [0.25, 0.3) is 0 Å². The molecule has 0 saturated heterocycles. The normalized spacial score (nSPS) is 60.0. The Bertz CT molecular complexity index is 570. The molecule has 0 aliphatic heterocycles. The fourth-order valence-corrected chi connectivity index (χ4v) is 6.98. The first kappa shape index (κ1) is 17.0. The molecular formula is C20H32O4. The maximum Gasteiger partial charge on any atom is 0.0758 e. The van der Waals surface area contributed by atoms with Crippen LogP contribution in [0.2, 0.25) is 0 Å². The van der Waals surface area contributed by atoms with Crippen LogP contribution in [0.25, 0.3) is 0 Å². The highest BCUT2D eigenvalue weighted by molar-refractivity contribution is 5.29. The Morgan fingerprint density at radius 1 is 1.04 bits per heavy atom. The Kier molecular flexibility index (Phi) is 3.59. The van der Waals surface area contributed by atoms with Crippen molar-refractivity contribution in [2.24, 2.45) is 28.6 Å². The Morgan fingerprint density at radius 2 is 1.75 bits per heavy atom. The van der Waals surface area contributed by atoms with E-state index in [4.69, 9.17) is 0 Å². The van der Waals surface area contributed by atoms with Gasteiger partial charge < -0.3 is 20.4 Å². The first-order chi connectivity index (χ1) is 11.1. The largest absolute Gasteiger partial charge is 0.393 e. The summed E-state index contributed by atoms with van der Waals surface area (Å²) in [4.78, 5) is 0. The second kappa shape index (κ2) is 5.06. The highest BCUT2D eigenvalue weighted by Crippen LogP contribution is 2.66. The average Bonchev–Trinajstić information content (AvgIpc) is 2.66. The van der Waals surface area contributed by atoms with E-state index in [0.29, 0.717) is 18.8 Å². The van der Waals surface area contributed by atoms with E-state index in [-0.39, 0.29) is 28.8 Å². The number of fused-ring (bicyclic) bond motifs is 5. The molecule has 3 unspecified atom stereocenters. The Labute approximate surface area is 144 Å². The minimum atomic E-state index is -0.880. The summed E-state index contributed by atoms with van der Waals surface area (Å²) in [5.41, 5.74) is -0.00348. The van der Waals surface area contributed by atoms with Gasteiger partial charge in [-0.1, -0.05) is 25.5 Å². The monoisotopic (exact) mass is 336 g/mol. The minimum absolute atomic E-state index is 0.00304. The smallest absolute Gasteiger partial charge is 0.0758 e. The van der Waals surface area contributed by atoms with Crippen molar-refractivity contribution in [2.45, 2.75) is 83.2 Å². The summed E-state index contributed by atoms with van der Waals surface area (Å²) >= 11 is 0. The second-order valence-corrected chi connectivity index (χ2v) is 9.71. The van der Waals surface area contributed by atoms with Gasteiger partial charge in [0.05, 0.1) is 23.9 Å². The number of aliphatic hydroxyl groups is 4. The summed E-state index contributed by atoms with van der Waals surface area (Å²) in [5, 5.41) is 42.7. The van der Waals surface area contributed by atoms with Crippen LogP contribution in [-0.2, 0) is 0 Å². The van der Waals surface area contributed by atoms with Gasteiger partial charge in [-0.2, -0.15) is 0 Å². The molecular weight excluding hydrogens is 304 g/mol. The molecule has 0 radical (unpaired) electrons. The van der Waals surface area contributed by atoms with E-state index in [1.54, 1.807) is 0 Å². The summed E-state index contributed by atoms with van der Waals surface area (Å²) in [5.74, 6) is 0.251. The second-order valence-electron chi connectivity index (χ2n) is 9.71. The van der Waals surface area contributed by atoms with Gasteiger partial charge in [-0.15, -0.1) is 0 Å². The van der Waals surface area contributed by atoms with Crippen LogP contribution in [0.1, 0.15) is 59.3 Å². The van der Waals surface area contributed by atoms with Crippen LogP contribution in [-0.4, -0.2) is 44.3 Å². The summed E-state index contributed by atoms with van der Waals surface area (Å²) in [6.45, 7) is 6.24. The predicted octanol–water partition coefficient (Wildman–Crippen LogP) is 2.00. The SMILES string of the molecule is C[C@]12CC[C@H](O)CC1=C[C@H](O)C1C2CC[C@@]2(C)C1[C@@H](O)C[C@]2(C)O. The number of hydrogen-bond donors (Lipinski definition) is 4. The van der Waals surface area contributed by atoms with Crippen molar-refractivity contribution in [3.8, 4) is 0 Å². The molecule has 24 heavy (non-hydrogen) atoms. The Balaban J connectivity index is 1.77. The molecule has 0 heterocycles. The molecule has 4 N–H and O–H groups in total. The third-order valence-electron chi connectivity index (χ3n) is 8.61. The summed E-state index contributed by atoms with van der Waals surface area (Å²) in [6, 6.07) is 0. The maximum atomic E-state index is 10.9. The molecule has 0 aromatic carbocycles. The average molecular weight is 336 g/mol. The van der Waals surface area contributed by atoms with Crippen LogP contribution in [0, 0.1) is 28.6 Å². The molecule has 0 spiro atoms. The molecule has 3 saturated carbocycles. The van der Waals surface area contributed by atoms with Gasteiger partial charge in [0.15, 0.2) is 0 Å². The first-order valence-electron chi connectivity index (χ1n) is 9.58.